The number of carbonyl (C=O) groups excluding carboxylic acids is 2. The largest absolute Gasteiger partial charge is 0.365 e. The van der Waals surface area contributed by atoms with E-state index in [0.717, 1.165) is 0 Å². The third-order valence-corrected chi connectivity index (χ3v) is 1.78. The van der Waals surface area contributed by atoms with Crippen LogP contribution in [-0.4, -0.2) is 26.8 Å². The van der Waals surface area contributed by atoms with Gasteiger partial charge in [-0.05, 0) is 0 Å². The van der Waals surface area contributed by atoms with Gasteiger partial charge in [0.25, 0.3) is 5.91 Å². The van der Waals surface area contributed by atoms with Crippen LogP contribution in [0.1, 0.15) is 20.7 Å². The quantitative estimate of drug-likeness (QED) is 0.654. The van der Waals surface area contributed by atoms with Crippen LogP contribution in [0.25, 0.3) is 5.65 Å². The molecule has 0 atom stereocenters. The summed E-state index contributed by atoms with van der Waals surface area (Å²) in [5, 5.41) is 3.84. The summed E-state index contributed by atoms with van der Waals surface area (Å²) in [4.78, 5) is 25.2. The van der Waals surface area contributed by atoms with Gasteiger partial charge in [-0.15, -0.1) is 0 Å². The molecule has 0 aliphatic rings. The van der Waals surface area contributed by atoms with E-state index in [9.17, 15) is 9.59 Å². The predicted octanol–water partition coefficient (Wildman–Crippen LogP) is -0.359. The number of amides is 1. The average Bonchev–Trinajstić information content (AvgIpc) is 2.59. The summed E-state index contributed by atoms with van der Waals surface area (Å²) in [6.07, 6.45) is 4.80. The molecule has 70 valence electrons. The highest BCUT2D eigenvalue weighted by molar-refractivity contribution is 5.98. The fourth-order valence-electron chi connectivity index (χ4n) is 1.12. The van der Waals surface area contributed by atoms with Crippen LogP contribution in [-0.2, 0) is 0 Å². The zero-order chi connectivity index (χ0) is 10.1. The van der Waals surface area contributed by atoms with Crippen molar-refractivity contribution in [3.05, 3.63) is 29.7 Å². The van der Waals surface area contributed by atoms with Gasteiger partial charge in [0, 0.05) is 12.4 Å². The first kappa shape index (κ1) is 8.36. The molecule has 2 rings (SSSR count). The van der Waals surface area contributed by atoms with Gasteiger partial charge < -0.3 is 5.73 Å². The summed E-state index contributed by atoms with van der Waals surface area (Å²) in [6.45, 7) is 0. The first-order chi connectivity index (χ1) is 6.72. The molecule has 2 aromatic heterocycles. The van der Waals surface area contributed by atoms with Gasteiger partial charge in [-0.3, -0.25) is 9.59 Å². The maximum Gasteiger partial charge on any atom is 0.254 e. The molecule has 0 saturated heterocycles. The van der Waals surface area contributed by atoms with E-state index in [1.807, 2.05) is 0 Å². The van der Waals surface area contributed by atoms with E-state index in [0.29, 0.717) is 17.5 Å². The molecule has 0 spiro atoms. The molecule has 0 unspecified atom stereocenters. The molecule has 0 aliphatic carbocycles. The summed E-state index contributed by atoms with van der Waals surface area (Å²) in [5.74, 6) is -0.591. The van der Waals surface area contributed by atoms with Crippen LogP contribution in [0.3, 0.4) is 0 Å². The van der Waals surface area contributed by atoms with Crippen LogP contribution < -0.4 is 5.73 Å². The average molecular weight is 190 g/mol. The Bertz CT molecular complexity index is 517. The number of aromatic nitrogens is 3. The van der Waals surface area contributed by atoms with Gasteiger partial charge in [0.2, 0.25) is 0 Å². The zero-order valence-corrected chi connectivity index (χ0v) is 7.04. The van der Waals surface area contributed by atoms with Crippen LogP contribution >= 0.6 is 0 Å². The van der Waals surface area contributed by atoms with Crippen LogP contribution in [0.5, 0.6) is 0 Å². The van der Waals surface area contributed by atoms with E-state index < -0.39 is 5.91 Å². The Kier molecular flexibility index (Phi) is 1.74. The first-order valence-electron chi connectivity index (χ1n) is 3.81. The van der Waals surface area contributed by atoms with Crippen LogP contribution in [0.2, 0.25) is 0 Å². The summed E-state index contributed by atoms with van der Waals surface area (Å²) in [7, 11) is 0. The van der Waals surface area contributed by atoms with E-state index in [-0.39, 0.29) is 5.56 Å². The topological polar surface area (TPSA) is 90.4 Å². The minimum absolute atomic E-state index is 0.238. The van der Waals surface area contributed by atoms with Crippen LogP contribution in [0, 0.1) is 0 Å². The van der Waals surface area contributed by atoms with Crippen LogP contribution in [0.15, 0.2) is 18.6 Å². The minimum atomic E-state index is -0.591. The van der Waals surface area contributed by atoms with Crippen molar-refractivity contribution >= 4 is 17.8 Å². The number of primary amides is 1. The smallest absolute Gasteiger partial charge is 0.254 e. The Morgan fingerprint density at radius 1 is 1.50 bits per heavy atom. The molecular weight excluding hydrogens is 184 g/mol. The van der Waals surface area contributed by atoms with Crippen molar-refractivity contribution in [1.82, 2.24) is 14.6 Å². The van der Waals surface area contributed by atoms with E-state index in [1.165, 1.54) is 23.1 Å². The summed E-state index contributed by atoms with van der Waals surface area (Å²) >= 11 is 0. The normalized spacial score (nSPS) is 10.3. The van der Waals surface area contributed by atoms with Crippen molar-refractivity contribution in [2.75, 3.05) is 0 Å². The highest BCUT2D eigenvalue weighted by Gasteiger charge is 2.10. The van der Waals surface area contributed by atoms with Gasteiger partial charge in [-0.25, -0.2) is 9.50 Å². The number of nitrogens with two attached hydrogens (primary N) is 1. The second-order valence-corrected chi connectivity index (χ2v) is 2.70. The molecule has 0 aliphatic heterocycles. The fraction of sp³-hybridized carbons (Fsp3) is 0. The monoisotopic (exact) mass is 190 g/mol. The van der Waals surface area contributed by atoms with Crippen molar-refractivity contribution in [2.45, 2.75) is 0 Å². The highest BCUT2D eigenvalue weighted by Crippen LogP contribution is 2.06. The Morgan fingerprint density at radius 2 is 2.29 bits per heavy atom. The zero-order valence-electron chi connectivity index (χ0n) is 7.04. The lowest BCUT2D eigenvalue weighted by molar-refractivity contribution is 0.100. The summed E-state index contributed by atoms with van der Waals surface area (Å²) in [5.41, 5.74) is 6.07. The Hall–Kier alpha value is -2.24. The first-order valence-corrected chi connectivity index (χ1v) is 3.81. The molecule has 2 heterocycles. The molecule has 0 saturated carbocycles. The summed E-state index contributed by atoms with van der Waals surface area (Å²) < 4.78 is 1.34. The molecule has 6 heteroatoms. The molecule has 14 heavy (non-hydrogen) atoms. The van der Waals surface area contributed by atoms with Crippen LogP contribution in [0.4, 0.5) is 0 Å². The van der Waals surface area contributed by atoms with Crippen molar-refractivity contribution in [1.29, 1.82) is 0 Å². The SMILES string of the molecule is NC(=O)c1cnn2cc(C=O)cnc12. The molecule has 2 N–H and O–H groups in total. The van der Waals surface area contributed by atoms with Crippen molar-refractivity contribution in [3.63, 3.8) is 0 Å². The molecule has 6 nitrogen and oxygen atoms in total. The lowest BCUT2D eigenvalue weighted by atomic mass is 10.3. The van der Waals surface area contributed by atoms with Gasteiger partial charge in [-0.2, -0.15) is 5.10 Å². The highest BCUT2D eigenvalue weighted by atomic mass is 16.1. The van der Waals surface area contributed by atoms with E-state index >= 15 is 0 Å². The number of hydrogen-bond donors (Lipinski definition) is 1. The number of hydrogen-bond acceptors (Lipinski definition) is 4. The third-order valence-electron chi connectivity index (χ3n) is 1.78. The van der Waals surface area contributed by atoms with Crippen molar-refractivity contribution in [3.8, 4) is 0 Å². The van der Waals surface area contributed by atoms with E-state index in [4.69, 9.17) is 5.73 Å². The fourth-order valence-corrected chi connectivity index (χ4v) is 1.12. The lowest BCUT2D eigenvalue weighted by Gasteiger charge is -1.94. The molecule has 0 bridgehead atoms. The third kappa shape index (κ3) is 1.13. The second kappa shape index (κ2) is 2.91. The van der Waals surface area contributed by atoms with Gasteiger partial charge >= 0.3 is 0 Å². The summed E-state index contributed by atoms with van der Waals surface area (Å²) in [6, 6.07) is 0. The number of nitrogens with zero attached hydrogens (tertiary/aromatic N) is 3. The molecule has 2 aromatic rings. The van der Waals surface area contributed by atoms with E-state index in [2.05, 4.69) is 10.1 Å². The minimum Gasteiger partial charge on any atom is -0.365 e. The van der Waals surface area contributed by atoms with Crippen molar-refractivity contribution < 1.29 is 9.59 Å². The number of fused-ring (bicyclic) bond motifs is 1. The maximum absolute atomic E-state index is 10.9. The molecule has 0 aromatic carbocycles. The van der Waals surface area contributed by atoms with Gasteiger partial charge in [0.05, 0.1) is 11.8 Å². The van der Waals surface area contributed by atoms with Gasteiger partial charge in [0.1, 0.15) is 5.56 Å². The standard InChI is InChI=1S/C8H6N4O2/c9-7(14)6-2-11-12-3-5(4-13)1-10-8(6)12/h1-4H,(H2,9,14). The van der Waals surface area contributed by atoms with E-state index in [1.54, 1.807) is 0 Å². The maximum atomic E-state index is 10.9. The Labute approximate surface area is 78.4 Å². The number of carbonyl (C=O) groups is 2. The molecule has 0 fully saturated rings. The Morgan fingerprint density at radius 3 is 2.93 bits per heavy atom. The predicted molar refractivity (Wildman–Crippen MR) is 46.9 cm³/mol. The van der Waals surface area contributed by atoms with Gasteiger partial charge in [-0.1, -0.05) is 0 Å². The lowest BCUT2D eigenvalue weighted by Crippen LogP contribution is -2.10. The Balaban J connectivity index is 2.71. The van der Waals surface area contributed by atoms with Gasteiger partial charge in [0.15, 0.2) is 11.9 Å². The number of rotatable bonds is 2. The molecule has 0 radical (unpaired) electrons. The molecule has 1 amide bonds. The van der Waals surface area contributed by atoms with Crippen molar-refractivity contribution in [2.24, 2.45) is 5.73 Å². The second-order valence-electron chi connectivity index (χ2n) is 2.70. The number of aldehydes is 1. The molecular formula is C8H6N4O2.